The first-order chi connectivity index (χ1) is 17.8. The molecule has 0 aliphatic carbocycles. The average Bonchev–Trinajstić information content (AvgIpc) is 3.29. The number of halogens is 3. The summed E-state index contributed by atoms with van der Waals surface area (Å²) in [7, 11) is 0. The van der Waals surface area contributed by atoms with Crippen LogP contribution in [-0.2, 0) is 4.79 Å². The minimum absolute atomic E-state index is 0.132. The maximum absolute atomic E-state index is 12.5. The van der Waals surface area contributed by atoms with E-state index in [1.807, 2.05) is 37.3 Å². The van der Waals surface area contributed by atoms with Gasteiger partial charge in [0.15, 0.2) is 23.9 Å². The van der Waals surface area contributed by atoms with Gasteiger partial charge in [-0.15, -0.1) is 0 Å². The SMILES string of the molecule is CCOc1cc(/C=N\NC(=O)c2cc3cc(Br)cc(Br)c3o2)cc(I)c1OCC(=O)Nc1ccccc1. The van der Waals surface area contributed by atoms with Crippen molar-refractivity contribution in [3.63, 3.8) is 0 Å². The molecule has 11 heteroatoms. The zero-order valence-corrected chi connectivity index (χ0v) is 24.7. The molecule has 4 aromatic rings. The van der Waals surface area contributed by atoms with Crippen molar-refractivity contribution in [3.8, 4) is 11.5 Å². The Morgan fingerprint density at radius 2 is 1.86 bits per heavy atom. The van der Waals surface area contributed by atoms with Crippen LogP contribution < -0.4 is 20.2 Å². The van der Waals surface area contributed by atoms with Crippen LogP contribution in [0, 0.1) is 3.57 Å². The van der Waals surface area contributed by atoms with Crippen molar-refractivity contribution in [1.29, 1.82) is 0 Å². The van der Waals surface area contributed by atoms with Gasteiger partial charge in [-0.1, -0.05) is 34.1 Å². The molecule has 37 heavy (non-hydrogen) atoms. The zero-order chi connectivity index (χ0) is 26.4. The van der Waals surface area contributed by atoms with E-state index in [1.54, 1.807) is 30.3 Å². The van der Waals surface area contributed by atoms with Gasteiger partial charge >= 0.3 is 5.91 Å². The van der Waals surface area contributed by atoms with Crippen molar-refractivity contribution in [2.75, 3.05) is 18.5 Å². The highest BCUT2D eigenvalue weighted by Gasteiger charge is 2.16. The lowest BCUT2D eigenvalue weighted by Crippen LogP contribution is -2.20. The van der Waals surface area contributed by atoms with E-state index in [0.717, 1.165) is 17.9 Å². The summed E-state index contributed by atoms with van der Waals surface area (Å²) < 4.78 is 19.5. The highest BCUT2D eigenvalue weighted by molar-refractivity contribution is 14.1. The number of furan rings is 1. The van der Waals surface area contributed by atoms with E-state index in [1.165, 1.54) is 6.21 Å². The monoisotopic (exact) mass is 739 g/mol. The molecule has 0 saturated carbocycles. The van der Waals surface area contributed by atoms with Crippen LogP contribution in [0.2, 0.25) is 0 Å². The fourth-order valence-electron chi connectivity index (χ4n) is 3.33. The smallest absolute Gasteiger partial charge is 0.307 e. The molecule has 8 nitrogen and oxygen atoms in total. The number of fused-ring (bicyclic) bond motifs is 1. The second-order valence-electron chi connectivity index (χ2n) is 7.58. The van der Waals surface area contributed by atoms with E-state index >= 15 is 0 Å². The van der Waals surface area contributed by atoms with Gasteiger partial charge in [0, 0.05) is 15.5 Å². The molecule has 190 valence electrons. The minimum atomic E-state index is -0.486. The number of hydrazone groups is 1. The zero-order valence-electron chi connectivity index (χ0n) is 19.4. The number of amides is 2. The van der Waals surface area contributed by atoms with Gasteiger partial charge in [-0.2, -0.15) is 5.10 Å². The predicted molar refractivity (Wildman–Crippen MR) is 158 cm³/mol. The first-order valence-electron chi connectivity index (χ1n) is 11.0. The van der Waals surface area contributed by atoms with E-state index in [0.29, 0.717) is 34.9 Å². The van der Waals surface area contributed by atoms with Crippen LogP contribution >= 0.6 is 54.5 Å². The molecular weight excluding hydrogens is 721 g/mol. The molecule has 0 saturated heterocycles. The first-order valence-corrected chi connectivity index (χ1v) is 13.7. The lowest BCUT2D eigenvalue weighted by molar-refractivity contribution is -0.118. The number of carbonyl (C=O) groups is 2. The minimum Gasteiger partial charge on any atom is -0.490 e. The molecule has 0 bridgehead atoms. The van der Waals surface area contributed by atoms with E-state index in [9.17, 15) is 9.59 Å². The van der Waals surface area contributed by atoms with E-state index in [2.05, 4.69) is 70.3 Å². The van der Waals surface area contributed by atoms with Crippen molar-refractivity contribution in [2.45, 2.75) is 6.92 Å². The normalized spacial score (nSPS) is 11.0. The molecule has 1 heterocycles. The van der Waals surface area contributed by atoms with Gasteiger partial charge in [-0.3, -0.25) is 9.59 Å². The highest BCUT2D eigenvalue weighted by Crippen LogP contribution is 2.34. The van der Waals surface area contributed by atoms with Crippen molar-refractivity contribution in [1.82, 2.24) is 5.43 Å². The maximum Gasteiger partial charge on any atom is 0.307 e. The van der Waals surface area contributed by atoms with Crippen LogP contribution in [0.25, 0.3) is 11.0 Å². The molecule has 3 aromatic carbocycles. The second-order valence-corrected chi connectivity index (χ2v) is 10.5. The molecule has 2 amide bonds. The van der Waals surface area contributed by atoms with Gasteiger partial charge < -0.3 is 19.2 Å². The Bertz CT molecular complexity index is 1470. The molecule has 1 aromatic heterocycles. The summed E-state index contributed by atoms with van der Waals surface area (Å²) in [6.45, 7) is 2.07. The van der Waals surface area contributed by atoms with Crippen LogP contribution in [0.1, 0.15) is 23.0 Å². The second kappa shape index (κ2) is 12.6. The summed E-state index contributed by atoms with van der Waals surface area (Å²) in [5, 5.41) is 7.61. The van der Waals surface area contributed by atoms with Crippen molar-refractivity contribution < 1.29 is 23.5 Å². The van der Waals surface area contributed by atoms with Gasteiger partial charge in [0.25, 0.3) is 5.91 Å². The van der Waals surface area contributed by atoms with Crippen molar-refractivity contribution in [2.24, 2.45) is 5.10 Å². The summed E-state index contributed by atoms with van der Waals surface area (Å²) in [6.07, 6.45) is 1.49. The van der Waals surface area contributed by atoms with Gasteiger partial charge in [0.1, 0.15) is 5.58 Å². The Balaban J connectivity index is 1.43. The highest BCUT2D eigenvalue weighted by atomic mass is 127. The van der Waals surface area contributed by atoms with E-state index in [4.69, 9.17) is 13.9 Å². The largest absolute Gasteiger partial charge is 0.490 e. The summed E-state index contributed by atoms with van der Waals surface area (Å²) in [4.78, 5) is 24.8. The number of nitrogens with zero attached hydrogens (tertiary/aromatic N) is 1. The number of rotatable bonds is 9. The lowest BCUT2D eigenvalue weighted by atomic mass is 10.2. The Morgan fingerprint density at radius 1 is 1.08 bits per heavy atom. The van der Waals surface area contributed by atoms with Crippen LogP contribution in [0.3, 0.4) is 0 Å². The molecular formula is C26H20Br2IN3O5. The summed E-state index contributed by atoms with van der Waals surface area (Å²) in [5.41, 5.74) is 4.40. The Morgan fingerprint density at radius 3 is 2.62 bits per heavy atom. The molecule has 0 radical (unpaired) electrons. The molecule has 2 N–H and O–H groups in total. The number of para-hydroxylation sites is 1. The third-order valence-corrected chi connectivity index (χ3v) is 6.72. The quantitative estimate of drug-likeness (QED) is 0.113. The molecule has 0 aliphatic heterocycles. The fourth-order valence-corrected chi connectivity index (χ4v) is 5.45. The maximum atomic E-state index is 12.5. The molecule has 0 spiro atoms. The third-order valence-electron chi connectivity index (χ3n) is 4.88. The number of carbonyl (C=O) groups excluding carboxylic acids is 2. The number of hydrogen-bond acceptors (Lipinski definition) is 6. The molecule has 4 rings (SSSR count). The van der Waals surface area contributed by atoms with Crippen LogP contribution in [-0.4, -0.2) is 31.2 Å². The van der Waals surface area contributed by atoms with Crippen LogP contribution in [0.4, 0.5) is 5.69 Å². The van der Waals surface area contributed by atoms with E-state index in [-0.39, 0.29) is 18.3 Å². The Hall–Kier alpha value is -2.90. The number of hydrogen-bond donors (Lipinski definition) is 2. The fraction of sp³-hybridized carbons (Fsp3) is 0.115. The average molecular weight is 741 g/mol. The van der Waals surface area contributed by atoms with Crippen molar-refractivity contribution in [3.05, 3.63) is 84.5 Å². The summed E-state index contributed by atoms with van der Waals surface area (Å²) in [5.74, 6) is 0.267. The van der Waals surface area contributed by atoms with Gasteiger partial charge in [0.05, 0.1) is 20.9 Å². The van der Waals surface area contributed by atoms with Gasteiger partial charge in [0.2, 0.25) is 0 Å². The first kappa shape index (κ1) is 27.1. The number of ether oxygens (including phenoxy) is 2. The van der Waals surface area contributed by atoms with E-state index < -0.39 is 5.91 Å². The lowest BCUT2D eigenvalue weighted by Gasteiger charge is -2.14. The summed E-state index contributed by atoms with van der Waals surface area (Å²) in [6, 6.07) is 18.0. The summed E-state index contributed by atoms with van der Waals surface area (Å²) >= 11 is 8.95. The standard InChI is InChI=1S/C26H20Br2IN3O5/c1-2-35-21-9-15(8-20(29)25(21)36-14-23(33)31-18-6-4-3-5-7-18)13-30-32-26(34)22-11-16-10-17(27)12-19(28)24(16)37-22/h3-13H,2,14H2,1H3,(H,31,33)(H,32,34)/b30-13-. The predicted octanol–water partition coefficient (Wildman–Crippen LogP) is 6.74. The van der Waals surface area contributed by atoms with Crippen molar-refractivity contribution >= 4 is 89.1 Å². The number of anilines is 1. The third kappa shape index (κ3) is 7.11. The number of nitrogens with one attached hydrogen (secondary N) is 2. The van der Waals surface area contributed by atoms with Gasteiger partial charge in [-0.05, 0) is 93.5 Å². The van der Waals surface area contributed by atoms with Crippen LogP contribution in [0.15, 0.2) is 79.1 Å². The Kier molecular flexibility index (Phi) is 9.22. The molecule has 0 aliphatic rings. The molecule has 0 unspecified atom stereocenters. The Labute approximate surface area is 243 Å². The molecule has 0 atom stereocenters. The topological polar surface area (TPSA) is 102 Å². The number of benzene rings is 3. The van der Waals surface area contributed by atoms with Crippen LogP contribution in [0.5, 0.6) is 11.5 Å². The molecule has 0 fully saturated rings. The van der Waals surface area contributed by atoms with Gasteiger partial charge in [-0.25, -0.2) is 5.43 Å².